The summed E-state index contributed by atoms with van der Waals surface area (Å²) in [5.74, 6) is -0.917. The van der Waals surface area contributed by atoms with Crippen LogP contribution in [0, 0.1) is 0 Å². The first-order chi connectivity index (χ1) is 20.0. The highest BCUT2D eigenvalue weighted by molar-refractivity contribution is 5.82. The van der Waals surface area contributed by atoms with Crippen LogP contribution in [0.4, 0.5) is 0 Å². The second-order valence-corrected chi connectivity index (χ2v) is 11.9. The van der Waals surface area contributed by atoms with Gasteiger partial charge in [-0.1, -0.05) is 128 Å². The molecule has 0 aliphatic rings. The molecule has 1 unspecified atom stereocenters. The number of esters is 1. The monoisotopic (exact) mass is 578 g/mol. The van der Waals surface area contributed by atoms with Crippen molar-refractivity contribution in [3.8, 4) is 0 Å². The second kappa shape index (κ2) is 31.3. The van der Waals surface area contributed by atoms with E-state index < -0.39 is 5.97 Å². The van der Waals surface area contributed by atoms with Gasteiger partial charge in [0.2, 0.25) is 0 Å². The van der Waals surface area contributed by atoms with E-state index in [0.29, 0.717) is 0 Å². The van der Waals surface area contributed by atoms with E-state index in [0.717, 1.165) is 96.3 Å². The molecule has 0 aliphatic heterocycles. The van der Waals surface area contributed by atoms with Gasteiger partial charge in [0.15, 0.2) is 0 Å². The lowest BCUT2D eigenvalue weighted by atomic mass is 10.0. The zero-order valence-corrected chi connectivity index (χ0v) is 27.0. The molecule has 5 nitrogen and oxygen atoms in total. The zero-order chi connectivity index (χ0) is 30.2. The van der Waals surface area contributed by atoms with Crippen LogP contribution in [-0.2, 0) is 14.3 Å². The average molecular weight is 579 g/mol. The van der Waals surface area contributed by atoms with Crippen molar-refractivity contribution in [2.75, 3.05) is 0 Å². The molecule has 0 bridgehead atoms. The lowest BCUT2D eigenvalue weighted by Crippen LogP contribution is -2.16. The number of hydrogen-bond donors (Lipinski definition) is 2. The van der Waals surface area contributed by atoms with Crippen LogP contribution in [0.1, 0.15) is 181 Å². The Morgan fingerprint density at radius 2 is 1.10 bits per heavy atom. The Morgan fingerprint density at radius 3 is 1.68 bits per heavy atom. The van der Waals surface area contributed by atoms with Gasteiger partial charge in [0.25, 0.3) is 0 Å². The minimum atomic E-state index is -0.702. The van der Waals surface area contributed by atoms with E-state index in [1.165, 1.54) is 64.2 Å². The normalized spacial score (nSPS) is 13.2. The molecule has 0 aromatic carbocycles. The third-order valence-corrected chi connectivity index (χ3v) is 7.79. The molecule has 0 aromatic heterocycles. The number of carbonyl (C=O) groups is 2. The quantitative estimate of drug-likeness (QED) is 0.0370. The van der Waals surface area contributed by atoms with Gasteiger partial charge < -0.3 is 14.9 Å². The van der Waals surface area contributed by atoms with Gasteiger partial charge in [-0.3, -0.25) is 4.79 Å². The van der Waals surface area contributed by atoms with E-state index in [9.17, 15) is 14.7 Å². The third-order valence-electron chi connectivity index (χ3n) is 7.79. The highest BCUT2D eigenvalue weighted by Crippen LogP contribution is 2.15. The number of rotatable bonds is 31. The highest BCUT2D eigenvalue weighted by Gasteiger charge is 2.11. The molecule has 0 aliphatic carbocycles. The summed E-state index contributed by atoms with van der Waals surface area (Å²) in [6, 6.07) is 0. The fraction of sp³-hybridized carbons (Fsp3) is 0.833. The van der Waals surface area contributed by atoms with Gasteiger partial charge in [-0.15, -0.1) is 0 Å². The molecular formula is C36H66O5. The SMILES string of the molecule is CCCCCCC(O)CCCCCCCCC=CC(=O)O[C@@H](CC=CCCCCCCCC(=O)O)CCCCCC. The number of aliphatic hydroxyl groups is 1. The Kier molecular flexibility index (Phi) is 30.1. The van der Waals surface area contributed by atoms with Crippen molar-refractivity contribution < 1.29 is 24.5 Å². The number of hydrogen-bond acceptors (Lipinski definition) is 4. The molecule has 0 rings (SSSR count). The number of carboxylic acid groups (broad SMARTS) is 1. The summed E-state index contributed by atoms with van der Waals surface area (Å²) < 4.78 is 5.80. The smallest absolute Gasteiger partial charge is 0.330 e. The summed E-state index contributed by atoms with van der Waals surface area (Å²) in [6.45, 7) is 4.43. The van der Waals surface area contributed by atoms with Gasteiger partial charge in [-0.25, -0.2) is 4.79 Å². The standard InChI is InChI=1S/C36H66O5/c1-3-5-7-21-27-33(37)28-22-17-13-9-12-16-20-26-32-36(40)41-34(29-23-8-6-4-2)30-24-18-14-10-11-15-19-25-31-35(38)39/h18,24,26,32-34,37H,3-17,19-23,25,27-31H2,1-2H3,(H,38,39)/t33?,34-/m1/s1. The lowest BCUT2D eigenvalue weighted by molar-refractivity contribution is -0.143. The minimum absolute atomic E-state index is 0.0499. The number of aliphatic carboxylic acids is 1. The van der Waals surface area contributed by atoms with Crippen LogP contribution in [0.2, 0.25) is 0 Å². The van der Waals surface area contributed by atoms with Gasteiger partial charge in [-0.2, -0.15) is 0 Å². The Hall–Kier alpha value is -1.62. The van der Waals surface area contributed by atoms with E-state index in [4.69, 9.17) is 9.84 Å². The molecule has 2 atom stereocenters. The molecule has 41 heavy (non-hydrogen) atoms. The molecule has 0 fully saturated rings. The van der Waals surface area contributed by atoms with Crippen molar-refractivity contribution in [3.63, 3.8) is 0 Å². The highest BCUT2D eigenvalue weighted by atomic mass is 16.5. The van der Waals surface area contributed by atoms with Gasteiger partial charge in [0, 0.05) is 18.9 Å². The number of carbonyl (C=O) groups excluding carboxylic acids is 1. The van der Waals surface area contributed by atoms with Crippen LogP contribution >= 0.6 is 0 Å². The van der Waals surface area contributed by atoms with Crippen LogP contribution in [0.3, 0.4) is 0 Å². The molecule has 0 spiro atoms. The maximum Gasteiger partial charge on any atom is 0.330 e. The first kappa shape index (κ1) is 39.4. The number of carboxylic acids is 1. The number of ether oxygens (including phenoxy) is 1. The first-order valence-corrected chi connectivity index (χ1v) is 17.4. The molecule has 0 radical (unpaired) electrons. The van der Waals surface area contributed by atoms with E-state index >= 15 is 0 Å². The largest absolute Gasteiger partial charge is 0.481 e. The van der Waals surface area contributed by atoms with Crippen molar-refractivity contribution in [3.05, 3.63) is 24.3 Å². The maximum absolute atomic E-state index is 12.4. The summed E-state index contributed by atoms with van der Waals surface area (Å²) >= 11 is 0. The summed E-state index contributed by atoms with van der Waals surface area (Å²) in [5.41, 5.74) is 0. The first-order valence-electron chi connectivity index (χ1n) is 17.4. The Bertz CT molecular complexity index is 642. The molecule has 0 aromatic rings. The van der Waals surface area contributed by atoms with Crippen LogP contribution in [0.15, 0.2) is 24.3 Å². The van der Waals surface area contributed by atoms with Crippen molar-refractivity contribution in [2.24, 2.45) is 0 Å². The third kappa shape index (κ3) is 31.2. The molecule has 0 saturated carbocycles. The molecule has 0 heterocycles. The van der Waals surface area contributed by atoms with Crippen LogP contribution in [0.5, 0.6) is 0 Å². The van der Waals surface area contributed by atoms with E-state index in [1.807, 2.05) is 6.08 Å². The van der Waals surface area contributed by atoms with E-state index in [1.54, 1.807) is 6.08 Å². The topological polar surface area (TPSA) is 83.8 Å². The minimum Gasteiger partial charge on any atom is -0.481 e. The maximum atomic E-state index is 12.4. The van der Waals surface area contributed by atoms with Gasteiger partial charge in [-0.05, 0) is 57.8 Å². The number of allylic oxidation sites excluding steroid dienone is 2. The fourth-order valence-electron chi connectivity index (χ4n) is 5.14. The Morgan fingerprint density at radius 1 is 0.610 bits per heavy atom. The Labute approximate surface area is 253 Å². The molecule has 0 amide bonds. The van der Waals surface area contributed by atoms with Gasteiger partial charge in [0.05, 0.1) is 6.10 Å². The van der Waals surface area contributed by atoms with Crippen LogP contribution in [-0.4, -0.2) is 34.4 Å². The van der Waals surface area contributed by atoms with Crippen molar-refractivity contribution in [1.82, 2.24) is 0 Å². The fourth-order valence-corrected chi connectivity index (χ4v) is 5.14. The van der Waals surface area contributed by atoms with Gasteiger partial charge in [0.1, 0.15) is 6.10 Å². The van der Waals surface area contributed by atoms with E-state index in [-0.39, 0.29) is 24.6 Å². The van der Waals surface area contributed by atoms with Crippen LogP contribution in [0.25, 0.3) is 0 Å². The predicted molar refractivity (Wildman–Crippen MR) is 173 cm³/mol. The summed E-state index contributed by atoms with van der Waals surface area (Å²) in [5, 5.41) is 18.8. The Balaban J connectivity index is 4.00. The molecule has 5 heteroatoms. The van der Waals surface area contributed by atoms with Crippen molar-refractivity contribution >= 4 is 11.9 Å². The lowest BCUT2D eigenvalue weighted by Gasteiger charge is -2.15. The molecular weight excluding hydrogens is 512 g/mol. The van der Waals surface area contributed by atoms with Gasteiger partial charge >= 0.3 is 11.9 Å². The van der Waals surface area contributed by atoms with Crippen molar-refractivity contribution in [2.45, 2.75) is 193 Å². The average Bonchev–Trinajstić information content (AvgIpc) is 2.95. The van der Waals surface area contributed by atoms with Crippen LogP contribution < -0.4 is 0 Å². The number of unbranched alkanes of at least 4 members (excludes halogenated alkanes) is 17. The van der Waals surface area contributed by atoms with Crippen molar-refractivity contribution in [1.29, 1.82) is 0 Å². The predicted octanol–water partition coefficient (Wildman–Crippen LogP) is 10.6. The second-order valence-electron chi connectivity index (χ2n) is 11.9. The molecule has 240 valence electrons. The number of aliphatic hydroxyl groups excluding tert-OH is 1. The summed E-state index contributed by atoms with van der Waals surface area (Å²) in [6.07, 6.45) is 35.5. The summed E-state index contributed by atoms with van der Waals surface area (Å²) in [7, 11) is 0. The zero-order valence-electron chi connectivity index (χ0n) is 27.0. The molecule has 0 saturated heterocycles. The summed E-state index contributed by atoms with van der Waals surface area (Å²) in [4.78, 5) is 23.0. The molecule has 2 N–H and O–H groups in total. The van der Waals surface area contributed by atoms with E-state index in [2.05, 4.69) is 26.0 Å².